The molecule has 0 saturated heterocycles. The molecule has 0 bridgehead atoms. The van der Waals surface area contributed by atoms with Gasteiger partial charge in [-0.2, -0.15) is 0 Å². The van der Waals surface area contributed by atoms with Crippen LogP contribution in [-0.4, -0.2) is 0 Å². The Bertz CT molecular complexity index is 957. The van der Waals surface area contributed by atoms with E-state index < -0.39 is 11.6 Å². The lowest BCUT2D eigenvalue weighted by Gasteiger charge is -2.31. The molecule has 0 atom stereocenters. The van der Waals surface area contributed by atoms with Gasteiger partial charge < -0.3 is 0 Å². The van der Waals surface area contributed by atoms with Gasteiger partial charge in [0.15, 0.2) is 11.6 Å². The monoisotopic (exact) mass is 450 g/mol. The molecule has 2 aromatic rings. The largest absolute Gasteiger partial charge is 0.203 e. The molecule has 0 heterocycles. The SMILES string of the molecule is C=CC1CCC(CCC2CCC(c3ccc4cc(CC/C=C/C)c(F)c(F)c4c3)CC2)CC1. The molecule has 0 unspecified atom stereocenters. The maximum Gasteiger partial charge on any atom is 0.166 e. The fourth-order valence-electron chi connectivity index (χ4n) is 6.21. The second-order valence-electron chi connectivity index (χ2n) is 10.6. The van der Waals surface area contributed by atoms with Gasteiger partial charge in [-0.25, -0.2) is 8.78 Å². The molecule has 2 aliphatic carbocycles. The minimum absolute atomic E-state index is 0.442. The second kappa shape index (κ2) is 11.4. The van der Waals surface area contributed by atoms with Gasteiger partial charge in [-0.15, -0.1) is 6.58 Å². The maximum atomic E-state index is 14.9. The second-order valence-corrected chi connectivity index (χ2v) is 10.6. The molecule has 0 N–H and O–H groups in total. The minimum atomic E-state index is -0.676. The van der Waals surface area contributed by atoms with Crippen molar-refractivity contribution < 1.29 is 8.78 Å². The van der Waals surface area contributed by atoms with E-state index in [0.29, 0.717) is 23.3 Å². The molecule has 33 heavy (non-hydrogen) atoms. The van der Waals surface area contributed by atoms with Crippen LogP contribution in [0.1, 0.15) is 94.6 Å². The van der Waals surface area contributed by atoms with Crippen molar-refractivity contribution in [3.8, 4) is 0 Å². The van der Waals surface area contributed by atoms with E-state index in [-0.39, 0.29) is 0 Å². The Hall–Kier alpha value is -1.96. The summed E-state index contributed by atoms with van der Waals surface area (Å²) in [4.78, 5) is 0. The summed E-state index contributed by atoms with van der Waals surface area (Å²) < 4.78 is 29.6. The van der Waals surface area contributed by atoms with Crippen molar-refractivity contribution in [2.75, 3.05) is 0 Å². The normalized spacial score (nSPS) is 26.2. The topological polar surface area (TPSA) is 0 Å². The third-order valence-electron chi connectivity index (χ3n) is 8.46. The molecule has 4 rings (SSSR count). The zero-order valence-corrected chi connectivity index (χ0v) is 20.3. The van der Waals surface area contributed by atoms with Crippen molar-refractivity contribution in [3.05, 3.63) is 71.8 Å². The molecule has 0 nitrogen and oxygen atoms in total. The zero-order chi connectivity index (χ0) is 23.2. The van der Waals surface area contributed by atoms with Crippen LogP contribution in [0.2, 0.25) is 0 Å². The Labute approximate surface area is 199 Å². The van der Waals surface area contributed by atoms with Gasteiger partial charge in [0, 0.05) is 5.39 Å². The van der Waals surface area contributed by atoms with Crippen molar-refractivity contribution in [2.45, 2.75) is 89.9 Å². The summed E-state index contributed by atoms with van der Waals surface area (Å²) in [5.74, 6) is 1.64. The van der Waals surface area contributed by atoms with Crippen LogP contribution in [0.25, 0.3) is 10.8 Å². The van der Waals surface area contributed by atoms with E-state index in [1.807, 2.05) is 37.3 Å². The van der Waals surface area contributed by atoms with Crippen molar-refractivity contribution in [1.29, 1.82) is 0 Å². The van der Waals surface area contributed by atoms with E-state index in [1.165, 1.54) is 69.8 Å². The predicted molar refractivity (Wildman–Crippen MR) is 137 cm³/mol. The molecule has 178 valence electrons. The van der Waals surface area contributed by atoms with Gasteiger partial charge in [-0.3, -0.25) is 0 Å². The third-order valence-corrected chi connectivity index (χ3v) is 8.46. The quantitative estimate of drug-likeness (QED) is 0.351. The molecule has 2 saturated carbocycles. The van der Waals surface area contributed by atoms with Gasteiger partial charge in [0.1, 0.15) is 0 Å². The molecular formula is C31H40F2. The smallest absolute Gasteiger partial charge is 0.166 e. The molecule has 2 aliphatic rings. The van der Waals surface area contributed by atoms with Crippen molar-refractivity contribution in [2.24, 2.45) is 17.8 Å². The molecule has 2 aromatic carbocycles. The van der Waals surface area contributed by atoms with Crippen LogP contribution in [0.5, 0.6) is 0 Å². The molecule has 0 radical (unpaired) electrons. The summed E-state index contributed by atoms with van der Waals surface area (Å²) in [6.45, 7) is 5.91. The lowest BCUT2D eigenvalue weighted by atomic mass is 9.74. The van der Waals surface area contributed by atoms with Gasteiger partial charge >= 0.3 is 0 Å². The number of hydrogen-bond donors (Lipinski definition) is 0. The Morgan fingerprint density at radius 3 is 2.18 bits per heavy atom. The number of rotatable bonds is 8. The van der Waals surface area contributed by atoms with E-state index in [2.05, 4.69) is 18.7 Å². The summed E-state index contributed by atoms with van der Waals surface area (Å²) in [5, 5.41) is 1.25. The molecule has 2 fully saturated rings. The number of aryl methyl sites for hydroxylation is 1. The van der Waals surface area contributed by atoms with Crippen molar-refractivity contribution >= 4 is 10.8 Å². The first-order valence-corrected chi connectivity index (χ1v) is 13.2. The van der Waals surface area contributed by atoms with E-state index >= 15 is 0 Å². The van der Waals surface area contributed by atoms with Crippen LogP contribution in [-0.2, 0) is 6.42 Å². The van der Waals surface area contributed by atoms with Gasteiger partial charge in [0.25, 0.3) is 0 Å². The zero-order valence-electron chi connectivity index (χ0n) is 20.3. The number of hydrogen-bond acceptors (Lipinski definition) is 0. The molecule has 2 heteroatoms. The molecule has 0 aromatic heterocycles. The van der Waals surface area contributed by atoms with Gasteiger partial charge in [-0.1, -0.05) is 43.2 Å². The van der Waals surface area contributed by atoms with E-state index in [1.54, 1.807) is 0 Å². The van der Waals surface area contributed by atoms with Crippen LogP contribution >= 0.6 is 0 Å². The molecule has 0 amide bonds. The van der Waals surface area contributed by atoms with Crippen LogP contribution in [0, 0.1) is 29.4 Å². The highest BCUT2D eigenvalue weighted by Gasteiger charge is 2.25. The van der Waals surface area contributed by atoms with E-state index in [0.717, 1.165) is 29.6 Å². The van der Waals surface area contributed by atoms with Crippen LogP contribution in [0.4, 0.5) is 8.78 Å². The highest BCUT2D eigenvalue weighted by Crippen LogP contribution is 2.40. The predicted octanol–water partition coefficient (Wildman–Crippen LogP) is 9.67. The van der Waals surface area contributed by atoms with Crippen LogP contribution in [0.15, 0.2) is 49.1 Å². The van der Waals surface area contributed by atoms with Gasteiger partial charge in [0.2, 0.25) is 0 Å². The number of benzene rings is 2. The first-order chi connectivity index (χ1) is 16.1. The highest BCUT2D eigenvalue weighted by molar-refractivity contribution is 5.85. The average molecular weight is 451 g/mol. The fourth-order valence-corrected chi connectivity index (χ4v) is 6.21. The maximum absolute atomic E-state index is 14.9. The van der Waals surface area contributed by atoms with Gasteiger partial charge in [-0.05, 0) is 123 Å². The van der Waals surface area contributed by atoms with E-state index in [4.69, 9.17) is 0 Å². The highest BCUT2D eigenvalue weighted by atomic mass is 19.2. The standard InChI is InChI=1S/C31H40F2/c1-3-5-6-7-28-20-27-19-18-26(21-29(27)31(33)30(28)32)25-16-14-24(15-17-25)13-12-23-10-8-22(4-2)9-11-23/h3-5,18-25H,2,6-17H2,1H3/b5-3+. The Balaban J connectivity index is 1.33. The molecule has 0 aliphatic heterocycles. The van der Waals surface area contributed by atoms with Crippen LogP contribution < -0.4 is 0 Å². The van der Waals surface area contributed by atoms with Crippen LogP contribution in [0.3, 0.4) is 0 Å². The lowest BCUT2D eigenvalue weighted by Crippen LogP contribution is -2.17. The number of fused-ring (bicyclic) bond motifs is 1. The number of halogens is 2. The molecule has 0 spiro atoms. The first-order valence-electron chi connectivity index (χ1n) is 13.2. The summed E-state index contributed by atoms with van der Waals surface area (Å²) in [7, 11) is 0. The van der Waals surface area contributed by atoms with Crippen molar-refractivity contribution in [3.63, 3.8) is 0 Å². The minimum Gasteiger partial charge on any atom is -0.203 e. The van der Waals surface area contributed by atoms with Gasteiger partial charge in [0.05, 0.1) is 0 Å². The summed E-state index contributed by atoms with van der Waals surface area (Å²) in [6.07, 6.45) is 20.4. The Kier molecular flexibility index (Phi) is 8.39. The average Bonchev–Trinajstić information content (AvgIpc) is 2.86. The summed E-state index contributed by atoms with van der Waals surface area (Å²) in [6, 6.07) is 7.91. The Morgan fingerprint density at radius 1 is 0.879 bits per heavy atom. The third kappa shape index (κ3) is 5.94. The fraction of sp³-hybridized carbons (Fsp3) is 0.548. The first kappa shape index (κ1) is 24.2. The van der Waals surface area contributed by atoms with E-state index in [9.17, 15) is 8.78 Å². The Morgan fingerprint density at radius 2 is 1.55 bits per heavy atom. The molecular weight excluding hydrogens is 410 g/mol. The summed E-state index contributed by atoms with van der Waals surface area (Å²) in [5.41, 5.74) is 1.66. The summed E-state index contributed by atoms with van der Waals surface area (Å²) >= 11 is 0. The van der Waals surface area contributed by atoms with Crippen molar-refractivity contribution in [1.82, 2.24) is 0 Å². The lowest BCUT2D eigenvalue weighted by molar-refractivity contribution is 0.246. The number of allylic oxidation sites excluding steroid dienone is 3.